The van der Waals surface area contributed by atoms with Crippen LogP contribution in [0, 0.1) is 0 Å². The largest absolute Gasteiger partial charge is 0.467 e. The van der Waals surface area contributed by atoms with Crippen LogP contribution in [0.4, 0.5) is 5.69 Å². The van der Waals surface area contributed by atoms with Crippen molar-refractivity contribution in [3.8, 4) is 22.8 Å². The molecule has 32 heavy (non-hydrogen) atoms. The second-order valence-corrected chi connectivity index (χ2v) is 7.35. The average molecular weight is 439 g/mol. The molecule has 0 aliphatic rings. The number of furan rings is 1. The molecule has 0 unspecified atom stereocenters. The summed E-state index contributed by atoms with van der Waals surface area (Å²) in [6.45, 7) is 0.503. The van der Waals surface area contributed by atoms with Crippen LogP contribution in [-0.2, 0) is 6.54 Å². The number of anilines is 1. The summed E-state index contributed by atoms with van der Waals surface area (Å²) in [6.07, 6.45) is 5.12. The number of nitrogens with zero attached hydrogens (tertiary/aromatic N) is 4. The molecule has 156 valence electrons. The molecule has 0 amide bonds. The summed E-state index contributed by atoms with van der Waals surface area (Å²) < 4.78 is 5.32. The number of aromatic nitrogens is 4. The van der Waals surface area contributed by atoms with Gasteiger partial charge < -0.3 is 15.1 Å². The van der Waals surface area contributed by atoms with Gasteiger partial charge in [0.25, 0.3) is 0 Å². The zero-order chi connectivity index (χ0) is 21.8. The minimum absolute atomic E-state index is 0.490. The van der Waals surface area contributed by atoms with Crippen molar-refractivity contribution in [1.29, 1.82) is 0 Å². The third-order valence-corrected chi connectivity index (χ3v) is 4.99. The van der Waals surface area contributed by atoms with Crippen LogP contribution in [0.15, 0.2) is 89.8 Å². The maximum Gasteiger partial charge on any atom is 0.171 e. The monoisotopic (exact) mass is 438 g/mol. The summed E-state index contributed by atoms with van der Waals surface area (Å²) >= 11 is 5.40. The maximum absolute atomic E-state index is 5.40. The van der Waals surface area contributed by atoms with Crippen molar-refractivity contribution in [1.82, 2.24) is 25.3 Å². The quantitative estimate of drug-likeness (QED) is 0.377. The number of hydrogen-bond acceptors (Lipinski definition) is 6. The lowest BCUT2D eigenvalue weighted by Gasteiger charge is -2.12. The van der Waals surface area contributed by atoms with Crippen LogP contribution in [0.5, 0.6) is 0 Å². The van der Waals surface area contributed by atoms with Crippen molar-refractivity contribution in [2.45, 2.75) is 6.54 Å². The molecule has 0 saturated carbocycles. The van der Waals surface area contributed by atoms with E-state index in [0.29, 0.717) is 23.0 Å². The predicted molar refractivity (Wildman–Crippen MR) is 128 cm³/mol. The first-order chi connectivity index (χ1) is 15.8. The Balaban J connectivity index is 1.48. The molecule has 0 fully saturated rings. The minimum atomic E-state index is 0.490. The van der Waals surface area contributed by atoms with Crippen LogP contribution in [0.3, 0.4) is 0 Å². The summed E-state index contributed by atoms with van der Waals surface area (Å²) in [6, 6.07) is 20.9. The third-order valence-electron chi connectivity index (χ3n) is 4.74. The minimum Gasteiger partial charge on any atom is -0.467 e. The standard InChI is InChI=1S/C24H18N6OS/c32-24(27-15-17-6-5-13-31-17)28-16-9-10-18-21(14-16)30-23(20-8-2-4-12-26-20)22(29-18)19-7-1-3-11-25-19/h1-14H,15H2,(H2,27,28,32). The fourth-order valence-electron chi connectivity index (χ4n) is 3.25. The molecule has 0 aliphatic carbocycles. The van der Waals surface area contributed by atoms with Gasteiger partial charge in [0.05, 0.1) is 35.2 Å². The van der Waals surface area contributed by atoms with Gasteiger partial charge in [-0.25, -0.2) is 9.97 Å². The van der Waals surface area contributed by atoms with Gasteiger partial charge in [-0.1, -0.05) is 12.1 Å². The maximum atomic E-state index is 5.40. The van der Waals surface area contributed by atoms with Gasteiger partial charge in [-0.05, 0) is 66.8 Å². The molecule has 8 heteroatoms. The normalized spacial score (nSPS) is 10.8. The highest BCUT2D eigenvalue weighted by molar-refractivity contribution is 7.80. The van der Waals surface area contributed by atoms with E-state index in [0.717, 1.165) is 33.9 Å². The number of fused-ring (bicyclic) bond motifs is 1. The Morgan fingerprint density at radius 1 is 0.812 bits per heavy atom. The van der Waals surface area contributed by atoms with Gasteiger partial charge in [-0.3, -0.25) is 9.97 Å². The number of pyridine rings is 2. The van der Waals surface area contributed by atoms with E-state index in [4.69, 9.17) is 26.6 Å². The summed E-state index contributed by atoms with van der Waals surface area (Å²) in [5.41, 5.74) is 5.13. The van der Waals surface area contributed by atoms with Gasteiger partial charge in [-0.2, -0.15) is 0 Å². The van der Waals surface area contributed by atoms with E-state index in [1.54, 1.807) is 18.7 Å². The molecule has 5 aromatic rings. The molecule has 4 aromatic heterocycles. The molecule has 0 aliphatic heterocycles. The van der Waals surface area contributed by atoms with E-state index in [1.807, 2.05) is 66.7 Å². The third kappa shape index (κ3) is 4.30. The predicted octanol–water partition coefficient (Wildman–Crippen LogP) is 4.83. The summed E-state index contributed by atoms with van der Waals surface area (Å²) in [7, 11) is 0. The molecule has 0 saturated heterocycles. The van der Waals surface area contributed by atoms with Crippen LogP contribution >= 0.6 is 12.2 Å². The zero-order valence-corrected chi connectivity index (χ0v) is 17.7. The first-order valence-corrected chi connectivity index (χ1v) is 10.4. The van der Waals surface area contributed by atoms with Crippen molar-refractivity contribution >= 4 is 34.1 Å². The Labute approximate surface area is 189 Å². The van der Waals surface area contributed by atoms with E-state index in [9.17, 15) is 0 Å². The molecule has 2 N–H and O–H groups in total. The van der Waals surface area contributed by atoms with Gasteiger partial charge in [0.1, 0.15) is 17.1 Å². The van der Waals surface area contributed by atoms with E-state index >= 15 is 0 Å². The highest BCUT2D eigenvalue weighted by Crippen LogP contribution is 2.29. The van der Waals surface area contributed by atoms with Crippen LogP contribution in [0.2, 0.25) is 0 Å². The second kappa shape index (κ2) is 8.91. The Morgan fingerprint density at radius 3 is 2.16 bits per heavy atom. The number of thiocarbonyl (C=S) groups is 1. The molecular formula is C24H18N6OS. The number of nitrogens with one attached hydrogen (secondary N) is 2. The zero-order valence-electron chi connectivity index (χ0n) is 16.9. The highest BCUT2D eigenvalue weighted by atomic mass is 32.1. The lowest BCUT2D eigenvalue weighted by molar-refractivity contribution is 0.503. The Morgan fingerprint density at radius 2 is 1.53 bits per heavy atom. The summed E-state index contributed by atoms with van der Waals surface area (Å²) in [5.74, 6) is 0.806. The fraction of sp³-hybridized carbons (Fsp3) is 0.0417. The van der Waals surface area contributed by atoms with Crippen molar-refractivity contribution in [3.63, 3.8) is 0 Å². The number of benzene rings is 1. The Kier molecular flexibility index (Phi) is 5.50. The number of hydrogen-bond donors (Lipinski definition) is 2. The second-order valence-electron chi connectivity index (χ2n) is 6.94. The van der Waals surface area contributed by atoms with E-state index in [1.165, 1.54) is 0 Å². The van der Waals surface area contributed by atoms with Gasteiger partial charge >= 0.3 is 0 Å². The summed E-state index contributed by atoms with van der Waals surface area (Å²) in [4.78, 5) is 18.7. The molecule has 4 heterocycles. The van der Waals surface area contributed by atoms with E-state index in [-0.39, 0.29) is 0 Å². The van der Waals surface area contributed by atoms with Crippen LogP contribution < -0.4 is 10.6 Å². The molecule has 0 radical (unpaired) electrons. The topological polar surface area (TPSA) is 88.8 Å². The molecule has 5 rings (SSSR count). The molecule has 7 nitrogen and oxygen atoms in total. The number of rotatable bonds is 5. The lowest BCUT2D eigenvalue weighted by atomic mass is 10.1. The van der Waals surface area contributed by atoms with Crippen LogP contribution in [0.1, 0.15) is 5.76 Å². The molecule has 0 atom stereocenters. The van der Waals surface area contributed by atoms with E-state index in [2.05, 4.69) is 20.6 Å². The van der Waals surface area contributed by atoms with Gasteiger partial charge in [-0.15, -0.1) is 0 Å². The smallest absolute Gasteiger partial charge is 0.171 e. The van der Waals surface area contributed by atoms with Crippen LogP contribution in [-0.4, -0.2) is 25.0 Å². The van der Waals surface area contributed by atoms with Gasteiger partial charge in [0.15, 0.2) is 5.11 Å². The van der Waals surface area contributed by atoms with Crippen molar-refractivity contribution in [3.05, 3.63) is 91.1 Å². The van der Waals surface area contributed by atoms with Crippen molar-refractivity contribution < 1.29 is 4.42 Å². The molecular weight excluding hydrogens is 420 g/mol. The first-order valence-electron chi connectivity index (χ1n) is 9.98. The molecule has 1 aromatic carbocycles. The summed E-state index contributed by atoms with van der Waals surface area (Å²) in [5, 5.41) is 6.80. The Hall–Kier alpha value is -4.17. The molecule has 0 bridgehead atoms. The lowest BCUT2D eigenvalue weighted by Crippen LogP contribution is -2.27. The SMILES string of the molecule is S=C(NCc1ccco1)Nc1ccc2nc(-c3ccccn3)c(-c3ccccn3)nc2c1. The molecule has 0 spiro atoms. The highest BCUT2D eigenvalue weighted by Gasteiger charge is 2.15. The average Bonchev–Trinajstić information content (AvgIpc) is 3.37. The van der Waals surface area contributed by atoms with Gasteiger partial charge in [0, 0.05) is 18.1 Å². The van der Waals surface area contributed by atoms with Crippen molar-refractivity contribution in [2.24, 2.45) is 0 Å². The fourth-order valence-corrected chi connectivity index (χ4v) is 3.44. The van der Waals surface area contributed by atoms with E-state index < -0.39 is 0 Å². The Bertz CT molecular complexity index is 1360. The van der Waals surface area contributed by atoms with Crippen molar-refractivity contribution in [2.75, 3.05) is 5.32 Å². The van der Waals surface area contributed by atoms with Gasteiger partial charge in [0.2, 0.25) is 0 Å². The van der Waals surface area contributed by atoms with Crippen LogP contribution in [0.25, 0.3) is 33.8 Å². The first kappa shape index (κ1) is 19.8.